The molecule has 1 rings (SSSR count). The summed E-state index contributed by atoms with van der Waals surface area (Å²) in [7, 11) is 2.05. The number of nitriles is 1. The Labute approximate surface area is 104 Å². The molecule has 92 valence electrons. The average molecular weight is 232 g/mol. The van der Waals surface area contributed by atoms with Crippen molar-refractivity contribution in [1.82, 2.24) is 4.90 Å². The third-order valence-corrected chi connectivity index (χ3v) is 2.62. The molecule has 0 aliphatic heterocycles. The fraction of sp³-hybridized carbons (Fsp3) is 0.500. The van der Waals surface area contributed by atoms with E-state index < -0.39 is 0 Å². The third-order valence-electron chi connectivity index (χ3n) is 2.62. The highest BCUT2D eigenvalue weighted by molar-refractivity contribution is 5.27. The van der Waals surface area contributed by atoms with Crippen LogP contribution < -0.4 is 4.74 Å². The van der Waals surface area contributed by atoms with Gasteiger partial charge < -0.3 is 9.64 Å². The first-order valence-electron chi connectivity index (χ1n) is 6.03. The first-order chi connectivity index (χ1) is 8.26. The van der Waals surface area contributed by atoms with E-state index in [4.69, 9.17) is 10.00 Å². The highest BCUT2D eigenvalue weighted by Crippen LogP contribution is 2.12. The number of benzene rings is 1. The first-order valence-corrected chi connectivity index (χ1v) is 6.03. The summed E-state index contributed by atoms with van der Waals surface area (Å²) in [5, 5.41) is 8.49. The van der Waals surface area contributed by atoms with Gasteiger partial charge >= 0.3 is 0 Å². The summed E-state index contributed by atoms with van der Waals surface area (Å²) in [6.07, 6.45) is 1.61. The van der Waals surface area contributed by atoms with Crippen LogP contribution >= 0.6 is 0 Å². The molecule has 1 aromatic carbocycles. The Bertz CT molecular complexity index is 353. The predicted molar refractivity (Wildman–Crippen MR) is 69.0 cm³/mol. The van der Waals surface area contributed by atoms with Crippen LogP contribution in [-0.2, 0) is 6.42 Å². The molecule has 0 bridgehead atoms. The summed E-state index contributed by atoms with van der Waals surface area (Å²) >= 11 is 0. The summed E-state index contributed by atoms with van der Waals surface area (Å²) < 4.78 is 5.39. The maximum Gasteiger partial charge on any atom is 0.119 e. The largest absolute Gasteiger partial charge is 0.494 e. The molecule has 0 saturated heterocycles. The van der Waals surface area contributed by atoms with Crippen molar-refractivity contribution in [1.29, 1.82) is 5.26 Å². The molecule has 0 radical (unpaired) electrons. The lowest BCUT2D eigenvalue weighted by atomic mass is 10.1. The van der Waals surface area contributed by atoms with Crippen LogP contribution in [0.25, 0.3) is 0 Å². The number of nitrogens with zero attached hydrogens (tertiary/aromatic N) is 2. The van der Waals surface area contributed by atoms with Gasteiger partial charge in [-0.05, 0) is 38.1 Å². The van der Waals surface area contributed by atoms with Crippen LogP contribution in [0.4, 0.5) is 0 Å². The molecule has 0 N–H and O–H groups in total. The van der Waals surface area contributed by atoms with Gasteiger partial charge in [0.25, 0.3) is 0 Å². The van der Waals surface area contributed by atoms with Crippen LogP contribution in [0, 0.1) is 11.3 Å². The van der Waals surface area contributed by atoms with E-state index in [1.807, 2.05) is 26.1 Å². The second-order valence-corrected chi connectivity index (χ2v) is 4.04. The third kappa shape index (κ3) is 5.37. The van der Waals surface area contributed by atoms with E-state index in [1.54, 1.807) is 0 Å². The molecule has 0 unspecified atom stereocenters. The van der Waals surface area contributed by atoms with Crippen LogP contribution in [0.15, 0.2) is 24.3 Å². The normalized spacial score (nSPS) is 10.2. The van der Waals surface area contributed by atoms with Crippen LogP contribution in [0.3, 0.4) is 0 Å². The van der Waals surface area contributed by atoms with Crippen LogP contribution in [0.5, 0.6) is 5.75 Å². The molecule has 0 aliphatic rings. The average Bonchev–Trinajstić information content (AvgIpc) is 2.36. The minimum Gasteiger partial charge on any atom is -0.494 e. The smallest absolute Gasteiger partial charge is 0.119 e. The Balaban J connectivity index is 2.34. The van der Waals surface area contributed by atoms with E-state index in [1.165, 1.54) is 5.56 Å². The van der Waals surface area contributed by atoms with Crippen molar-refractivity contribution in [3.63, 3.8) is 0 Å². The molecule has 0 spiro atoms. The van der Waals surface area contributed by atoms with Gasteiger partial charge in [-0.25, -0.2) is 0 Å². The van der Waals surface area contributed by atoms with Crippen LogP contribution in [-0.4, -0.2) is 31.6 Å². The van der Waals surface area contributed by atoms with Gasteiger partial charge in [-0.15, -0.1) is 0 Å². The zero-order chi connectivity index (χ0) is 12.5. The second kappa shape index (κ2) is 7.70. The van der Waals surface area contributed by atoms with E-state index in [0.29, 0.717) is 13.0 Å². The van der Waals surface area contributed by atoms with Gasteiger partial charge in [0.05, 0.1) is 12.7 Å². The molecular weight excluding hydrogens is 212 g/mol. The van der Waals surface area contributed by atoms with Crippen molar-refractivity contribution in [3.8, 4) is 11.8 Å². The molecule has 3 heteroatoms. The maximum atomic E-state index is 8.49. The molecule has 0 aliphatic carbocycles. The molecule has 0 saturated carbocycles. The van der Waals surface area contributed by atoms with Crippen molar-refractivity contribution in [2.45, 2.75) is 19.8 Å². The molecule has 0 aromatic heterocycles. The predicted octanol–water partition coefficient (Wildman–Crippen LogP) is 2.47. The fourth-order valence-corrected chi connectivity index (χ4v) is 1.59. The van der Waals surface area contributed by atoms with Crippen LogP contribution in [0.2, 0.25) is 0 Å². The van der Waals surface area contributed by atoms with Crippen molar-refractivity contribution in [2.75, 3.05) is 26.7 Å². The standard InChI is InChI=1S/C14H20N2O/c1-3-17-14-7-5-13(6-8-14)9-12-16(2)11-4-10-15/h5-8H,3-4,9,11-12H2,1-2H3. The van der Waals surface area contributed by atoms with E-state index in [0.717, 1.165) is 25.3 Å². The number of hydrogen-bond acceptors (Lipinski definition) is 3. The summed E-state index contributed by atoms with van der Waals surface area (Å²) in [6.45, 7) is 4.51. The minimum absolute atomic E-state index is 0.597. The molecule has 3 nitrogen and oxygen atoms in total. The van der Waals surface area contributed by atoms with Gasteiger partial charge in [0.1, 0.15) is 5.75 Å². The Morgan fingerprint density at radius 3 is 2.53 bits per heavy atom. The van der Waals surface area contributed by atoms with E-state index >= 15 is 0 Å². The quantitative estimate of drug-likeness (QED) is 0.724. The van der Waals surface area contributed by atoms with Crippen molar-refractivity contribution >= 4 is 0 Å². The lowest BCUT2D eigenvalue weighted by Gasteiger charge is -2.14. The van der Waals surface area contributed by atoms with E-state index in [-0.39, 0.29) is 0 Å². The van der Waals surface area contributed by atoms with E-state index in [2.05, 4.69) is 23.1 Å². The molecule has 0 atom stereocenters. The van der Waals surface area contributed by atoms with Crippen molar-refractivity contribution < 1.29 is 4.74 Å². The summed E-state index contributed by atoms with van der Waals surface area (Å²) in [5.41, 5.74) is 1.30. The summed E-state index contributed by atoms with van der Waals surface area (Å²) in [4.78, 5) is 2.18. The highest BCUT2D eigenvalue weighted by Gasteiger charge is 1.99. The van der Waals surface area contributed by atoms with Crippen LogP contribution in [0.1, 0.15) is 18.9 Å². The zero-order valence-corrected chi connectivity index (χ0v) is 10.6. The van der Waals surface area contributed by atoms with Crippen molar-refractivity contribution in [2.24, 2.45) is 0 Å². The lowest BCUT2D eigenvalue weighted by molar-refractivity contribution is 0.339. The zero-order valence-electron chi connectivity index (χ0n) is 10.6. The molecule has 0 amide bonds. The Morgan fingerprint density at radius 2 is 1.94 bits per heavy atom. The second-order valence-electron chi connectivity index (χ2n) is 4.04. The number of hydrogen-bond donors (Lipinski definition) is 0. The number of ether oxygens (including phenoxy) is 1. The van der Waals surface area contributed by atoms with Gasteiger partial charge in [0, 0.05) is 19.5 Å². The first kappa shape index (κ1) is 13.5. The molecule has 0 heterocycles. The Hall–Kier alpha value is -1.53. The molecule has 1 aromatic rings. The highest BCUT2D eigenvalue weighted by atomic mass is 16.5. The maximum absolute atomic E-state index is 8.49. The SMILES string of the molecule is CCOc1ccc(CCN(C)CCC#N)cc1. The Kier molecular flexibility index (Phi) is 6.13. The van der Waals surface area contributed by atoms with Gasteiger partial charge in [-0.2, -0.15) is 5.26 Å². The lowest BCUT2D eigenvalue weighted by Crippen LogP contribution is -2.22. The topological polar surface area (TPSA) is 36.3 Å². The van der Waals surface area contributed by atoms with Gasteiger partial charge in [-0.1, -0.05) is 12.1 Å². The molecule has 17 heavy (non-hydrogen) atoms. The van der Waals surface area contributed by atoms with Gasteiger partial charge in [0.2, 0.25) is 0 Å². The number of likely N-dealkylation sites (N-methyl/N-ethyl adjacent to an activating group) is 1. The van der Waals surface area contributed by atoms with Crippen molar-refractivity contribution in [3.05, 3.63) is 29.8 Å². The monoisotopic (exact) mass is 232 g/mol. The number of rotatable bonds is 7. The summed E-state index contributed by atoms with van der Waals surface area (Å²) in [6, 6.07) is 10.4. The summed E-state index contributed by atoms with van der Waals surface area (Å²) in [5.74, 6) is 0.925. The Morgan fingerprint density at radius 1 is 1.24 bits per heavy atom. The van der Waals surface area contributed by atoms with E-state index in [9.17, 15) is 0 Å². The molecular formula is C14H20N2O. The molecule has 0 fully saturated rings. The van der Waals surface area contributed by atoms with Gasteiger partial charge in [0.15, 0.2) is 0 Å². The fourth-order valence-electron chi connectivity index (χ4n) is 1.59. The van der Waals surface area contributed by atoms with Gasteiger partial charge in [-0.3, -0.25) is 0 Å². The minimum atomic E-state index is 0.597.